The van der Waals surface area contributed by atoms with Crippen LogP contribution in [0.25, 0.3) is 10.2 Å². The molecule has 1 unspecified atom stereocenters. The third-order valence-electron chi connectivity index (χ3n) is 4.43. The first-order valence-corrected chi connectivity index (χ1v) is 10.3. The van der Waals surface area contributed by atoms with Crippen LogP contribution in [0.5, 0.6) is 0 Å². The minimum Gasteiger partial charge on any atom is -0.444 e. The smallest absolute Gasteiger partial charge is 0.407 e. The molecule has 0 bridgehead atoms. The Morgan fingerprint density at radius 2 is 2.07 bits per heavy atom. The topological polar surface area (TPSA) is 71.5 Å². The van der Waals surface area contributed by atoms with Gasteiger partial charge in [0.25, 0.3) is 0 Å². The van der Waals surface area contributed by atoms with E-state index in [-0.39, 0.29) is 24.9 Å². The van der Waals surface area contributed by atoms with Crippen molar-refractivity contribution in [1.82, 2.24) is 15.2 Å². The molecule has 1 atom stereocenters. The summed E-state index contributed by atoms with van der Waals surface area (Å²) in [5, 5.41) is 3.67. The molecule has 0 spiro atoms. The van der Waals surface area contributed by atoms with Crippen LogP contribution in [-0.2, 0) is 9.53 Å². The Balaban J connectivity index is 1.61. The van der Waals surface area contributed by atoms with Crippen LogP contribution in [0, 0.1) is 0 Å². The van der Waals surface area contributed by atoms with Crippen molar-refractivity contribution in [2.45, 2.75) is 58.1 Å². The summed E-state index contributed by atoms with van der Waals surface area (Å²) in [5.74, 6) is 0.0509. The van der Waals surface area contributed by atoms with Gasteiger partial charge < -0.3 is 15.0 Å². The van der Waals surface area contributed by atoms with Crippen LogP contribution in [-0.4, -0.2) is 40.6 Å². The van der Waals surface area contributed by atoms with E-state index >= 15 is 0 Å². The van der Waals surface area contributed by atoms with Crippen molar-refractivity contribution in [3.8, 4) is 0 Å². The molecular formula is C20H27N3O3S. The van der Waals surface area contributed by atoms with Crippen LogP contribution in [0.1, 0.15) is 57.5 Å². The molecule has 7 heteroatoms. The molecule has 1 aliphatic heterocycles. The number of carbonyl (C=O) groups excluding carboxylic acids is 2. The third-order valence-corrected chi connectivity index (χ3v) is 5.56. The van der Waals surface area contributed by atoms with Gasteiger partial charge >= 0.3 is 6.09 Å². The molecular weight excluding hydrogens is 362 g/mol. The van der Waals surface area contributed by atoms with Crippen LogP contribution in [0.4, 0.5) is 4.79 Å². The molecule has 1 aromatic heterocycles. The maximum Gasteiger partial charge on any atom is 0.407 e. The quantitative estimate of drug-likeness (QED) is 0.848. The number of nitrogens with zero attached hydrogens (tertiary/aromatic N) is 2. The van der Waals surface area contributed by atoms with Gasteiger partial charge in [-0.1, -0.05) is 12.1 Å². The predicted octanol–water partition coefficient (Wildman–Crippen LogP) is 4.26. The predicted molar refractivity (Wildman–Crippen MR) is 107 cm³/mol. The number of aromatic nitrogens is 1. The van der Waals surface area contributed by atoms with Crippen molar-refractivity contribution in [2.24, 2.45) is 0 Å². The summed E-state index contributed by atoms with van der Waals surface area (Å²) in [6.07, 6.45) is 2.82. The summed E-state index contributed by atoms with van der Waals surface area (Å²) in [4.78, 5) is 31.2. The van der Waals surface area contributed by atoms with Gasteiger partial charge in [0.1, 0.15) is 10.6 Å². The molecule has 1 saturated heterocycles. The third kappa shape index (κ3) is 5.19. The Hall–Kier alpha value is -2.15. The van der Waals surface area contributed by atoms with Gasteiger partial charge in [0, 0.05) is 19.5 Å². The lowest BCUT2D eigenvalue weighted by Gasteiger charge is -2.34. The fourth-order valence-electron chi connectivity index (χ4n) is 3.25. The van der Waals surface area contributed by atoms with E-state index in [9.17, 15) is 9.59 Å². The molecule has 1 fully saturated rings. The van der Waals surface area contributed by atoms with Crippen molar-refractivity contribution in [3.63, 3.8) is 0 Å². The number of thiazole rings is 1. The minimum atomic E-state index is -0.543. The van der Waals surface area contributed by atoms with Crippen LogP contribution < -0.4 is 5.32 Å². The molecule has 1 aliphatic rings. The molecule has 2 heterocycles. The number of amides is 2. The van der Waals surface area contributed by atoms with Gasteiger partial charge in [0.15, 0.2) is 0 Å². The summed E-state index contributed by atoms with van der Waals surface area (Å²) in [5.41, 5.74) is 0.445. The zero-order chi connectivity index (χ0) is 19.4. The second kappa shape index (κ2) is 8.25. The number of benzene rings is 1. The molecule has 2 amide bonds. The number of alkyl carbamates (subject to hydrolysis) is 1. The fraction of sp³-hybridized carbons (Fsp3) is 0.550. The lowest BCUT2D eigenvalue weighted by molar-refractivity contribution is -0.134. The van der Waals surface area contributed by atoms with Crippen molar-refractivity contribution < 1.29 is 14.3 Å². The Morgan fingerprint density at radius 1 is 1.30 bits per heavy atom. The summed E-state index contributed by atoms with van der Waals surface area (Å²) in [6, 6.07) is 8.10. The van der Waals surface area contributed by atoms with Crippen LogP contribution >= 0.6 is 11.3 Å². The number of hydrogen-bond acceptors (Lipinski definition) is 5. The normalized spacial score (nSPS) is 17.7. The highest BCUT2D eigenvalue weighted by molar-refractivity contribution is 7.18. The van der Waals surface area contributed by atoms with Crippen LogP contribution in [0.15, 0.2) is 24.3 Å². The largest absolute Gasteiger partial charge is 0.444 e. The second-order valence-corrected chi connectivity index (χ2v) is 8.86. The van der Waals surface area contributed by atoms with Crippen molar-refractivity contribution in [1.29, 1.82) is 0 Å². The number of hydrogen-bond donors (Lipinski definition) is 1. The highest BCUT2D eigenvalue weighted by Gasteiger charge is 2.30. The number of piperidine rings is 1. The molecule has 0 saturated carbocycles. The Morgan fingerprint density at radius 3 is 2.81 bits per heavy atom. The maximum atomic E-state index is 12.8. The first-order valence-electron chi connectivity index (χ1n) is 9.45. The molecule has 6 nitrogen and oxygen atoms in total. The van der Waals surface area contributed by atoms with E-state index in [1.165, 1.54) is 0 Å². The zero-order valence-corrected chi connectivity index (χ0v) is 17.0. The minimum absolute atomic E-state index is 0.0326. The summed E-state index contributed by atoms with van der Waals surface area (Å²) >= 11 is 1.67. The Bertz CT molecular complexity index is 779. The van der Waals surface area contributed by atoms with E-state index in [1.54, 1.807) is 11.3 Å². The zero-order valence-electron chi connectivity index (χ0n) is 16.2. The number of rotatable bonds is 4. The highest BCUT2D eigenvalue weighted by Crippen LogP contribution is 2.35. The number of para-hydroxylation sites is 1. The number of likely N-dealkylation sites (tertiary alicyclic amines) is 1. The summed E-state index contributed by atoms with van der Waals surface area (Å²) in [6.45, 7) is 6.46. The molecule has 1 aromatic carbocycles. The van der Waals surface area contributed by atoms with Crippen LogP contribution in [0.2, 0.25) is 0 Å². The molecule has 27 heavy (non-hydrogen) atoms. The highest BCUT2D eigenvalue weighted by atomic mass is 32.1. The molecule has 1 N–H and O–H groups in total. The van der Waals surface area contributed by atoms with Gasteiger partial charge in [-0.15, -0.1) is 11.3 Å². The molecule has 3 rings (SSSR count). The van der Waals surface area contributed by atoms with Crippen LogP contribution in [0.3, 0.4) is 0 Å². The Kier molecular flexibility index (Phi) is 5.99. The lowest BCUT2D eigenvalue weighted by atomic mass is 10.0. The molecule has 2 aromatic rings. The first-order chi connectivity index (χ1) is 12.8. The van der Waals surface area contributed by atoms with Gasteiger partial charge in [-0.25, -0.2) is 9.78 Å². The van der Waals surface area contributed by atoms with E-state index in [1.807, 2.05) is 43.9 Å². The van der Waals surface area contributed by atoms with E-state index in [0.29, 0.717) is 0 Å². The van der Waals surface area contributed by atoms with Gasteiger partial charge in [-0.3, -0.25) is 4.79 Å². The molecule has 146 valence electrons. The van der Waals surface area contributed by atoms with E-state index in [4.69, 9.17) is 9.72 Å². The monoisotopic (exact) mass is 389 g/mol. The van der Waals surface area contributed by atoms with Gasteiger partial charge in [0.05, 0.1) is 16.3 Å². The average molecular weight is 390 g/mol. The molecule has 0 radical (unpaired) electrons. The van der Waals surface area contributed by atoms with Gasteiger partial charge in [-0.05, 0) is 52.2 Å². The van der Waals surface area contributed by atoms with Crippen molar-refractivity contribution >= 4 is 33.6 Å². The van der Waals surface area contributed by atoms with Crippen molar-refractivity contribution in [3.05, 3.63) is 29.3 Å². The standard InChI is InChI=1S/C20H27N3O3S/c1-20(2,3)26-19(25)21-12-11-17(24)23-13-7-6-9-15(23)18-22-14-8-4-5-10-16(14)27-18/h4-5,8,10,15H,6-7,9,11-13H2,1-3H3,(H,21,25). The SMILES string of the molecule is CC(C)(C)OC(=O)NCCC(=O)N1CCCCC1c1nc2ccccc2s1. The summed E-state index contributed by atoms with van der Waals surface area (Å²) in [7, 11) is 0. The van der Waals surface area contributed by atoms with Gasteiger partial charge in [0.2, 0.25) is 5.91 Å². The lowest BCUT2D eigenvalue weighted by Crippen LogP contribution is -2.40. The number of nitrogens with one attached hydrogen (secondary N) is 1. The fourth-order valence-corrected chi connectivity index (χ4v) is 4.36. The first kappa shape index (κ1) is 19.6. The van der Waals surface area contributed by atoms with Gasteiger partial charge in [-0.2, -0.15) is 0 Å². The second-order valence-electron chi connectivity index (χ2n) is 7.80. The van der Waals surface area contributed by atoms with E-state index < -0.39 is 11.7 Å². The number of carbonyl (C=O) groups is 2. The summed E-state index contributed by atoms with van der Waals surface area (Å²) < 4.78 is 6.36. The van der Waals surface area contributed by atoms with E-state index in [2.05, 4.69) is 11.4 Å². The van der Waals surface area contributed by atoms with E-state index in [0.717, 1.165) is 41.0 Å². The maximum absolute atomic E-state index is 12.8. The van der Waals surface area contributed by atoms with Crippen molar-refractivity contribution in [2.75, 3.05) is 13.1 Å². The average Bonchev–Trinajstić information content (AvgIpc) is 3.04. The Labute approximate surface area is 163 Å². The molecule has 0 aliphatic carbocycles. The number of ether oxygens (including phenoxy) is 1. The number of fused-ring (bicyclic) bond motifs is 1.